The van der Waals surface area contributed by atoms with Gasteiger partial charge in [-0.05, 0) is 31.1 Å². The van der Waals surface area contributed by atoms with Gasteiger partial charge in [0.25, 0.3) is 0 Å². The predicted octanol–water partition coefficient (Wildman–Crippen LogP) is 1.02. The minimum atomic E-state index is -0.322. The highest BCUT2D eigenvalue weighted by molar-refractivity contribution is 5.75. The van der Waals surface area contributed by atoms with E-state index in [-0.39, 0.29) is 11.4 Å². The Morgan fingerprint density at radius 2 is 2.08 bits per heavy atom. The number of carbonyl (C=O) groups is 1. The fraction of sp³-hybridized carbons (Fsp3) is 0.900. The molecule has 0 bridgehead atoms. The number of carbonyl (C=O) groups excluding carboxylic acids is 1. The molecule has 0 heterocycles. The van der Waals surface area contributed by atoms with Crippen LogP contribution in [0.15, 0.2) is 0 Å². The van der Waals surface area contributed by atoms with Gasteiger partial charge >= 0.3 is 0 Å². The highest BCUT2D eigenvalue weighted by atomic mass is 16.1. The van der Waals surface area contributed by atoms with Crippen molar-refractivity contribution in [2.24, 2.45) is 23.3 Å². The first kappa shape index (κ1) is 10.5. The van der Waals surface area contributed by atoms with E-state index in [4.69, 9.17) is 11.5 Å². The van der Waals surface area contributed by atoms with Gasteiger partial charge in [-0.2, -0.15) is 0 Å². The van der Waals surface area contributed by atoms with E-state index in [1.807, 2.05) is 0 Å². The van der Waals surface area contributed by atoms with E-state index >= 15 is 0 Å². The molecule has 13 heavy (non-hydrogen) atoms. The number of nitrogens with two attached hydrogens (primary N) is 2. The molecule has 3 heteroatoms. The van der Waals surface area contributed by atoms with E-state index in [0.29, 0.717) is 12.3 Å². The standard InChI is InChI=1S/C10H20N2O/c1-7-3-4-10(12,5-8(7)2)6-9(11)13/h7-8H,3-6,12H2,1-2H3,(H2,11,13). The van der Waals surface area contributed by atoms with Gasteiger partial charge in [-0.1, -0.05) is 13.8 Å². The molecule has 4 N–H and O–H groups in total. The van der Waals surface area contributed by atoms with Crippen molar-refractivity contribution in [2.75, 3.05) is 0 Å². The molecule has 0 aromatic heterocycles. The highest BCUT2D eigenvalue weighted by Crippen LogP contribution is 2.36. The van der Waals surface area contributed by atoms with Gasteiger partial charge in [-0.25, -0.2) is 0 Å². The molecule has 0 saturated heterocycles. The van der Waals surface area contributed by atoms with Crippen molar-refractivity contribution < 1.29 is 4.79 Å². The predicted molar refractivity (Wildman–Crippen MR) is 52.9 cm³/mol. The fourth-order valence-corrected chi connectivity index (χ4v) is 2.25. The summed E-state index contributed by atoms with van der Waals surface area (Å²) in [7, 11) is 0. The average Bonchev–Trinajstić information content (AvgIpc) is 1.96. The molecule has 0 radical (unpaired) electrons. The lowest BCUT2D eigenvalue weighted by atomic mass is 9.70. The van der Waals surface area contributed by atoms with E-state index in [0.717, 1.165) is 25.2 Å². The Balaban J connectivity index is 2.56. The normalized spacial score (nSPS) is 40.2. The fourth-order valence-electron chi connectivity index (χ4n) is 2.25. The molecule has 1 aliphatic carbocycles. The lowest BCUT2D eigenvalue weighted by Crippen LogP contribution is -2.48. The second kappa shape index (κ2) is 3.66. The molecule has 0 aromatic rings. The minimum absolute atomic E-state index is 0.274. The van der Waals surface area contributed by atoms with Gasteiger partial charge in [0.2, 0.25) is 5.91 Å². The Hall–Kier alpha value is -0.570. The minimum Gasteiger partial charge on any atom is -0.370 e. The number of hydrogen-bond donors (Lipinski definition) is 2. The van der Waals surface area contributed by atoms with Gasteiger partial charge in [0.05, 0.1) is 0 Å². The number of primary amides is 1. The maximum atomic E-state index is 10.8. The topological polar surface area (TPSA) is 69.1 Å². The third kappa shape index (κ3) is 2.69. The largest absolute Gasteiger partial charge is 0.370 e. The average molecular weight is 184 g/mol. The van der Waals surface area contributed by atoms with Crippen LogP contribution in [0.4, 0.5) is 0 Å². The van der Waals surface area contributed by atoms with Crippen LogP contribution in [-0.2, 0) is 4.79 Å². The van der Waals surface area contributed by atoms with Gasteiger partial charge in [0.15, 0.2) is 0 Å². The summed E-state index contributed by atoms with van der Waals surface area (Å²) in [6, 6.07) is 0. The van der Waals surface area contributed by atoms with Crippen molar-refractivity contribution in [1.29, 1.82) is 0 Å². The van der Waals surface area contributed by atoms with Crippen LogP contribution >= 0.6 is 0 Å². The zero-order chi connectivity index (χ0) is 10.1. The first-order chi connectivity index (χ1) is 5.93. The van der Waals surface area contributed by atoms with Crippen molar-refractivity contribution in [3.63, 3.8) is 0 Å². The van der Waals surface area contributed by atoms with E-state index in [9.17, 15) is 4.79 Å². The molecule has 0 spiro atoms. The summed E-state index contributed by atoms with van der Waals surface area (Å²) in [4.78, 5) is 10.8. The number of rotatable bonds is 2. The lowest BCUT2D eigenvalue weighted by molar-refractivity contribution is -0.119. The number of hydrogen-bond acceptors (Lipinski definition) is 2. The van der Waals surface area contributed by atoms with Crippen molar-refractivity contribution in [2.45, 2.75) is 45.1 Å². The molecule has 0 aromatic carbocycles. The summed E-state index contributed by atoms with van der Waals surface area (Å²) >= 11 is 0. The van der Waals surface area contributed by atoms with Crippen LogP contribution in [0.2, 0.25) is 0 Å². The maximum absolute atomic E-state index is 10.8. The van der Waals surface area contributed by atoms with E-state index < -0.39 is 0 Å². The van der Waals surface area contributed by atoms with E-state index in [1.165, 1.54) is 0 Å². The molecule has 3 atom stereocenters. The summed E-state index contributed by atoms with van der Waals surface area (Å²) in [5, 5.41) is 0. The number of amides is 1. The van der Waals surface area contributed by atoms with Crippen LogP contribution in [0.5, 0.6) is 0 Å². The quantitative estimate of drug-likeness (QED) is 0.672. The summed E-state index contributed by atoms with van der Waals surface area (Å²) < 4.78 is 0. The molecule has 1 rings (SSSR count). The summed E-state index contributed by atoms with van der Waals surface area (Å²) in [6.07, 6.45) is 3.31. The summed E-state index contributed by atoms with van der Waals surface area (Å²) in [5.41, 5.74) is 11.0. The second-order valence-corrected chi connectivity index (χ2v) is 4.70. The van der Waals surface area contributed by atoms with E-state index in [1.54, 1.807) is 0 Å². The molecule has 3 unspecified atom stereocenters. The Labute approximate surface area is 79.9 Å². The Morgan fingerprint density at radius 1 is 1.46 bits per heavy atom. The molecule has 1 fully saturated rings. The Kier molecular flexibility index (Phi) is 2.96. The maximum Gasteiger partial charge on any atom is 0.219 e. The van der Waals surface area contributed by atoms with Crippen molar-refractivity contribution in [3.8, 4) is 0 Å². The van der Waals surface area contributed by atoms with Crippen LogP contribution in [0.3, 0.4) is 0 Å². The Morgan fingerprint density at radius 3 is 2.54 bits per heavy atom. The monoisotopic (exact) mass is 184 g/mol. The molecule has 1 amide bonds. The Bertz CT molecular complexity index is 205. The van der Waals surface area contributed by atoms with Gasteiger partial charge in [0.1, 0.15) is 0 Å². The van der Waals surface area contributed by atoms with Gasteiger partial charge in [0, 0.05) is 12.0 Å². The van der Waals surface area contributed by atoms with Crippen LogP contribution < -0.4 is 11.5 Å². The molecule has 0 aliphatic heterocycles. The van der Waals surface area contributed by atoms with Crippen LogP contribution in [-0.4, -0.2) is 11.4 Å². The van der Waals surface area contributed by atoms with Crippen molar-refractivity contribution in [3.05, 3.63) is 0 Å². The smallest absolute Gasteiger partial charge is 0.219 e. The molecule has 3 nitrogen and oxygen atoms in total. The molecular formula is C10H20N2O. The second-order valence-electron chi connectivity index (χ2n) is 4.70. The first-order valence-corrected chi connectivity index (χ1v) is 5.00. The van der Waals surface area contributed by atoms with E-state index in [2.05, 4.69) is 13.8 Å². The third-order valence-corrected chi connectivity index (χ3v) is 3.32. The SMILES string of the molecule is CC1CCC(N)(CC(N)=O)CC1C. The lowest BCUT2D eigenvalue weighted by Gasteiger charge is -2.39. The third-order valence-electron chi connectivity index (χ3n) is 3.32. The van der Waals surface area contributed by atoms with Crippen LogP contribution in [0.1, 0.15) is 39.5 Å². The van der Waals surface area contributed by atoms with Gasteiger partial charge < -0.3 is 11.5 Å². The highest BCUT2D eigenvalue weighted by Gasteiger charge is 2.35. The van der Waals surface area contributed by atoms with Crippen LogP contribution in [0.25, 0.3) is 0 Å². The molecule has 76 valence electrons. The van der Waals surface area contributed by atoms with Gasteiger partial charge in [-0.3, -0.25) is 4.79 Å². The van der Waals surface area contributed by atoms with Gasteiger partial charge in [-0.15, -0.1) is 0 Å². The van der Waals surface area contributed by atoms with Crippen molar-refractivity contribution in [1.82, 2.24) is 0 Å². The zero-order valence-corrected chi connectivity index (χ0v) is 8.55. The summed E-state index contributed by atoms with van der Waals surface area (Å²) in [6.45, 7) is 4.45. The van der Waals surface area contributed by atoms with Crippen molar-refractivity contribution >= 4 is 5.91 Å². The first-order valence-electron chi connectivity index (χ1n) is 5.00. The molecular weight excluding hydrogens is 164 g/mol. The molecule has 1 aliphatic rings. The molecule has 1 saturated carbocycles. The zero-order valence-electron chi connectivity index (χ0n) is 8.55. The van der Waals surface area contributed by atoms with Crippen LogP contribution in [0, 0.1) is 11.8 Å². The summed E-state index contributed by atoms with van der Waals surface area (Å²) in [5.74, 6) is 1.06.